The van der Waals surface area contributed by atoms with Crippen LogP contribution >= 0.6 is 0 Å². The third kappa shape index (κ3) is 11.9. The largest absolute Gasteiger partial charge is 1.00 e. The number of ether oxygens (including phenoxy) is 2. The third-order valence-electron chi connectivity index (χ3n) is 7.45. The van der Waals surface area contributed by atoms with Gasteiger partial charge in [0.15, 0.2) is 17.4 Å². The number of amidine groups is 1. The Labute approximate surface area is 331 Å². The molecule has 248 valence electrons. The summed E-state index contributed by atoms with van der Waals surface area (Å²) in [6.45, 7) is 17.2. The van der Waals surface area contributed by atoms with Crippen molar-refractivity contribution in [3.05, 3.63) is 89.2 Å². The number of hydrogen-bond acceptors (Lipinski definition) is 8. The van der Waals surface area contributed by atoms with Crippen molar-refractivity contribution >= 4 is 36.2 Å². The van der Waals surface area contributed by atoms with Crippen LogP contribution in [0.2, 0.25) is 0 Å². The van der Waals surface area contributed by atoms with Crippen LogP contribution in [0.1, 0.15) is 77.1 Å². The minimum Gasteiger partial charge on any atom is -0.796 e. The number of benzene rings is 1. The summed E-state index contributed by atoms with van der Waals surface area (Å²) in [4.78, 5) is 12.4. The SMILES string of the molecule is CC=C1C=C(Oc2ccc(NC(=N/C=C/CC)c3nc4c(cc3C)OCC(C)CN4CCCCC)cc2C)C=CN1/N=C\C.C[S-].[K+]. The zero-order valence-corrected chi connectivity index (χ0v) is 33.8. The average Bonchev–Trinajstić information content (AvgIpc) is 3.21. The molecule has 0 bridgehead atoms. The molecule has 1 N–H and O–H groups in total. The summed E-state index contributed by atoms with van der Waals surface area (Å²) in [5.41, 5.74) is 4.68. The smallest absolute Gasteiger partial charge is 0.796 e. The zero-order chi connectivity index (χ0) is 33.5. The van der Waals surface area contributed by atoms with E-state index in [1.807, 2.05) is 74.6 Å². The van der Waals surface area contributed by atoms with Gasteiger partial charge in [0.2, 0.25) is 0 Å². The second kappa shape index (κ2) is 21.6. The molecule has 47 heavy (non-hydrogen) atoms. The van der Waals surface area contributed by atoms with E-state index in [1.54, 1.807) is 12.5 Å². The number of fused-ring (bicyclic) bond motifs is 1. The predicted molar refractivity (Wildman–Crippen MR) is 197 cm³/mol. The molecule has 0 radical (unpaired) electrons. The van der Waals surface area contributed by atoms with E-state index in [0.717, 1.165) is 77.2 Å². The number of hydrogen-bond donors (Lipinski definition) is 1. The Hall–Kier alpha value is -2.34. The Morgan fingerprint density at radius 3 is 2.62 bits per heavy atom. The number of anilines is 2. The van der Waals surface area contributed by atoms with Gasteiger partial charge in [-0.3, -0.25) is 0 Å². The van der Waals surface area contributed by atoms with Crippen molar-refractivity contribution in [3.8, 4) is 11.5 Å². The fraction of sp³-hybridized carbons (Fsp3) is 0.432. The summed E-state index contributed by atoms with van der Waals surface area (Å²) in [6.07, 6.45) is 19.5. The number of aliphatic imine (C=N–C) groups is 1. The van der Waals surface area contributed by atoms with Crippen molar-refractivity contribution in [3.63, 3.8) is 0 Å². The van der Waals surface area contributed by atoms with Crippen molar-refractivity contribution in [2.45, 2.75) is 74.1 Å². The molecule has 1 aromatic heterocycles. The molecule has 0 saturated heterocycles. The van der Waals surface area contributed by atoms with Crippen molar-refractivity contribution < 1.29 is 60.9 Å². The summed E-state index contributed by atoms with van der Waals surface area (Å²) in [5.74, 6) is 4.40. The Kier molecular flexibility index (Phi) is 18.8. The molecule has 0 aliphatic carbocycles. The number of hydrazone groups is 1. The molecule has 0 spiro atoms. The van der Waals surface area contributed by atoms with E-state index in [4.69, 9.17) is 19.5 Å². The molecule has 2 aliphatic heterocycles. The van der Waals surface area contributed by atoms with Crippen molar-refractivity contribution in [1.29, 1.82) is 0 Å². The molecule has 0 amide bonds. The fourth-order valence-electron chi connectivity index (χ4n) is 5.14. The Morgan fingerprint density at radius 1 is 1.15 bits per heavy atom. The first-order chi connectivity index (χ1) is 22.4. The van der Waals surface area contributed by atoms with Gasteiger partial charge in [0.25, 0.3) is 0 Å². The molecule has 0 fully saturated rings. The van der Waals surface area contributed by atoms with Crippen LogP contribution in [-0.2, 0) is 12.6 Å². The maximum atomic E-state index is 6.28. The molecule has 8 nitrogen and oxygen atoms in total. The number of nitrogens with zero attached hydrogens (tertiary/aromatic N) is 5. The van der Waals surface area contributed by atoms with Gasteiger partial charge in [0.1, 0.15) is 17.2 Å². The van der Waals surface area contributed by atoms with Crippen LogP contribution in [-0.4, -0.2) is 48.0 Å². The zero-order valence-electron chi connectivity index (χ0n) is 29.8. The molecule has 1 aromatic carbocycles. The van der Waals surface area contributed by atoms with E-state index in [2.05, 4.69) is 67.8 Å². The maximum Gasteiger partial charge on any atom is 1.00 e. The predicted octanol–water partition coefficient (Wildman–Crippen LogP) is 5.67. The molecule has 3 heterocycles. The Bertz CT molecular complexity index is 1480. The van der Waals surface area contributed by atoms with Crippen LogP contribution < -0.4 is 71.1 Å². The van der Waals surface area contributed by atoms with E-state index in [1.165, 1.54) is 12.8 Å². The number of unbranched alkanes of at least 4 members (excludes halogenated alkanes) is 2. The number of aromatic nitrogens is 1. The number of nitrogens with one attached hydrogen (secondary N) is 1. The van der Waals surface area contributed by atoms with Gasteiger partial charge in [-0.15, -0.1) is 0 Å². The summed E-state index contributed by atoms with van der Waals surface area (Å²) in [6, 6.07) is 8.19. The van der Waals surface area contributed by atoms with Gasteiger partial charge in [0.05, 0.1) is 12.3 Å². The van der Waals surface area contributed by atoms with Crippen molar-refractivity contribution in [2.75, 3.05) is 36.2 Å². The van der Waals surface area contributed by atoms with Gasteiger partial charge < -0.3 is 32.3 Å². The Morgan fingerprint density at radius 2 is 1.94 bits per heavy atom. The normalized spacial score (nSPS) is 17.0. The van der Waals surface area contributed by atoms with Gasteiger partial charge >= 0.3 is 51.4 Å². The van der Waals surface area contributed by atoms with Gasteiger partial charge in [-0.1, -0.05) is 45.8 Å². The minimum absolute atomic E-state index is 0. The molecular weight excluding hydrogens is 632 g/mol. The summed E-state index contributed by atoms with van der Waals surface area (Å²) < 4.78 is 12.5. The van der Waals surface area contributed by atoms with Gasteiger partial charge in [-0.2, -0.15) is 11.4 Å². The topological polar surface area (TPSA) is 74.6 Å². The van der Waals surface area contributed by atoms with Crippen molar-refractivity contribution in [2.24, 2.45) is 16.0 Å². The van der Waals surface area contributed by atoms with Crippen LogP contribution in [0.25, 0.3) is 0 Å². The molecule has 10 heteroatoms. The van der Waals surface area contributed by atoms with E-state index in [0.29, 0.717) is 18.4 Å². The van der Waals surface area contributed by atoms with Crippen LogP contribution in [0.3, 0.4) is 0 Å². The molecule has 2 aliphatic rings. The average molecular weight is 683 g/mol. The number of pyridine rings is 1. The van der Waals surface area contributed by atoms with E-state index >= 15 is 0 Å². The van der Waals surface area contributed by atoms with E-state index < -0.39 is 0 Å². The van der Waals surface area contributed by atoms with Gasteiger partial charge in [0, 0.05) is 49.4 Å². The number of allylic oxidation sites excluding steroid dienone is 4. The van der Waals surface area contributed by atoms with Gasteiger partial charge in [-0.25, -0.2) is 15.0 Å². The Balaban J connectivity index is 0.00000251. The van der Waals surface area contributed by atoms with Crippen LogP contribution in [0.5, 0.6) is 11.5 Å². The summed E-state index contributed by atoms with van der Waals surface area (Å²) in [5, 5.41) is 9.74. The second-order valence-electron chi connectivity index (χ2n) is 11.3. The quantitative estimate of drug-likeness (QED) is 0.108. The molecular formula is C37H51KN6O2S. The monoisotopic (exact) mass is 682 g/mol. The van der Waals surface area contributed by atoms with Gasteiger partial charge in [-0.05, 0) is 82.0 Å². The molecule has 4 rings (SSSR count). The van der Waals surface area contributed by atoms with E-state index in [-0.39, 0.29) is 51.4 Å². The minimum atomic E-state index is 0. The van der Waals surface area contributed by atoms with E-state index in [9.17, 15) is 0 Å². The standard InChI is InChI=1S/C36H48N6O2.CH4S.K/c1-8-12-14-19-41-24-26(5)25-43-33-22-28(7)34(40-36(33)41)35(37-18-13-9-2)39-29-15-16-32(27(6)21-29)44-31-17-20-42(38-11-4)30(10-3)23-31;1-2;/h10-11,13,15-18,20-23,26H,8-9,12,14,19,24-25H2,1-7H3,(H,37,39);2H,1H3;/q;;+1/p-1/b18-13+,30-10?,38-11-;;. The van der Waals surface area contributed by atoms with Crippen LogP contribution in [0.4, 0.5) is 11.5 Å². The maximum absolute atomic E-state index is 6.28. The van der Waals surface area contributed by atoms with Crippen LogP contribution in [0.15, 0.2) is 82.5 Å². The molecule has 1 atom stereocenters. The fourth-order valence-corrected chi connectivity index (χ4v) is 5.14. The molecule has 2 aromatic rings. The number of aryl methyl sites for hydroxylation is 2. The summed E-state index contributed by atoms with van der Waals surface area (Å²) >= 11 is 4.08. The van der Waals surface area contributed by atoms with Crippen molar-refractivity contribution in [1.82, 2.24) is 9.99 Å². The first-order valence-electron chi connectivity index (χ1n) is 16.3. The molecule has 0 saturated carbocycles. The summed E-state index contributed by atoms with van der Waals surface area (Å²) in [7, 11) is 0. The van der Waals surface area contributed by atoms with Crippen LogP contribution in [0, 0.1) is 19.8 Å². The number of rotatable bonds is 11. The first kappa shape index (κ1) is 40.8. The second-order valence-corrected chi connectivity index (χ2v) is 11.3. The first-order valence-corrected chi connectivity index (χ1v) is 17.1. The third-order valence-corrected chi connectivity index (χ3v) is 7.45. The molecule has 1 unspecified atom stereocenters.